The van der Waals surface area contributed by atoms with Gasteiger partial charge in [-0.2, -0.15) is 0 Å². The van der Waals surface area contributed by atoms with Crippen LogP contribution in [-0.4, -0.2) is 27.3 Å². The topological polar surface area (TPSA) is 38.1 Å². The summed E-state index contributed by atoms with van der Waals surface area (Å²) in [6, 6.07) is 24.2. The van der Waals surface area contributed by atoms with Gasteiger partial charge < -0.3 is 9.47 Å². The van der Waals surface area contributed by atoms with Crippen molar-refractivity contribution < 1.29 is 4.79 Å². The summed E-state index contributed by atoms with van der Waals surface area (Å²) in [5, 5.41) is 1.23. The van der Waals surface area contributed by atoms with E-state index >= 15 is 0 Å². The summed E-state index contributed by atoms with van der Waals surface area (Å²) in [4.78, 5) is 20.0. The Kier molecular flexibility index (Phi) is 5.47. The molecule has 0 fully saturated rings. The van der Waals surface area contributed by atoms with Crippen molar-refractivity contribution in [3.05, 3.63) is 88.9 Å². The molecule has 1 aliphatic rings. The zero-order chi connectivity index (χ0) is 21.4. The van der Waals surface area contributed by atoms with E-state index in [0.717, 1.165) is 34.8 Å². The minimum Gasteiger partial charge on any atom is -0.314 e. The first-order valence-electron chi connectivity index (χ1n) is 10.4. The standard InChI is InChI=1S/C25H22ClN3OS/c1-17(24(30)28-14-13-19-9-5-6-10-22(19)28)31-25-27-21-15-20(26)11-12-23(21)29(25)16-18-7-3-2-4-8-18/h2-12,15,17H,13-14,16H2,1H3/t17-/m0/s1. The van der Waals surface area contributed by atoms with Crippen LogP contribution in [0.5, 0.6) is 0 Å². The number of para-hydroxylation sites is 1. The number of halogens is 1. The molecule has 2 heterocycles. The summed E-state index contributed by atoms with van der Waals surface area (Å²) in [5.74, 6) is 0.117. The Bertz CT molecular complexity index is 1250. The molecule has 156 valence electrons. The lowest BCUT2D eigenvalue weighted by atomic mass is 10.2. The molecular formula is C25H22ClN3OS. The molecule has 1 aliphatic heterocycles. The van der Waals surface area contributed by atoms with Crippen molar-refractivity contribution in [3.63, 3.8) is 0 Å². The van der Waals surface area contributed by atoms with E-state index in [1.807, 2.05) is 66.4 Å². The maximum absolute atomic E-state index is 13.3. The van der Waals surface area contributed by atoms with E-state index in [4.69, 9.17) is 16.6 Å². The molecule has 0 radical (unpaired) electrons. The number of carbonyl (C=O) groups excluding carboxylic acids is 1. The summed E-state index contributed by atoms with van der Waals surface area (Å²) in [5.41, 5.74) is 5.31. The SMILES string of the molecule is C[C@H](Sc1nc2cc(Cl)ccc2n1Cc1ccccc1)C(=O)N1CCc2ccccc21. The second kappa shape index (κ2) is 8.40. The molecule has 6 heteroatoms. The van der Waals surface area contributed by atoms with Gasteiger partial charge in [0.05, 0.1) is 22.8 Å². The number of hydrogen-bond acceptors (Lipinski definition) is 3. The average Bonchev–Trinajstić information content (AvgIpc) is 3.35. The fraction of sp³-hybridized carbons (Fsp3) is 0.200. The molecule has 0 saturated carbocycles. The number of anilines is 1. The first-order chi connectivity index (χ1) is 15.1. The first-order valence-corrected chi connectivity index (χ1v) is 11.6. The van der Waals surface area contributed by atoms with Crippen LogP contribution in [0.2, 0.25) is 5.02 Å². The highest BCUT2D eigenvalue weighted by Gasteiger charge is 2.29. The predicted octanol–water partition coefficient (Wildman–Crippen LogP) is 5.81. The van der Waals surface area contributed by atoms with E-state index in [-0.39, 0.29) is 11.2 Å². The van der Waals surface area contributed by atoms with Crippen LogP contribution in [0.15, 0.2) is 78.0 Å². The van der Waals surface area contributed by atoms with Crippen molar-refractivity contribution >= 4 is 46.0 Å². The van der Waals surface area contributed by atoms with Crippen LogP contribution in [-0.2, 0) is 17.8 Å². The molecular weight excluding hydrogens is 426 g/mol. The van der Waals surface area contributed by atoms with Crippen molar-refractivity contribution in [1.29, 1.82) is 0 Å². The number of carbonyl (C=O) groups is 1. The highest BCUT2D eigenvalue weighted by Crippen LogP contribution is 2.33. The molecule has 0 spiro atoms. The predicted molar refractivity (Wildman–Crippen MR) is 128 cm³/mol. The Labute approximate surface area is 190 Å². The average molecular weight is 448 g/mol. The quantitative estimate of drug-likeness (QED) is 0.362. The number of aromatic nitrogens is 2. The van der Waals surface area contributed by atoms with Crippen molar-refractivity contribution in [3.8, 4) is 0 Å². The van der Waals surface area contributed by atoms with E-state index in [9.17, 15) is 4.79 Å². The van der Waals surface area contributed by atoms with Gasteiger partial charge in [-0.15, -0.1) is 0 Å². The Morgan fingerprint density at radius 1 is 1.10 bits per heavy atom. The monoisotopic (exact) mass is 447 g/mol. The molecule has 4 aromatic rings. The molecule has 0 aliphatic carbocycles. The number of rotatable bonds is 5. The lowest BCUT2D eigenvalue weighted by molar-refractivity contribution is -0.117. The number of thioether (sulfide) groups is 1. The number of amides is 1. The number of imidazole rings is 1. The van der Waals surface area contributed by atoms with Gasteiger partial charge in [0, 0.05) is 17.3 Å². The van der Waals surface area contributed by atoms with Gasteiger partial charge in [0.1, 0.15) is 0 Å². The Balaban J connectivity index is 1.45. The fourth-order valence-electron chi connectivity index (χ4n) is 4.08. The van der Waals surface area contributed by atoms with Gasteiger partial charge in [-0.1, -0.05) is 71.9 Å². The second-order valence-corrected chi connectivity index (χ2v) is 9.47. The van der Waals surface area contributed by atoms with Gasteiger partial charge in [-0.25, -0.2) is 4.98 Å². The van der Waals surface area contributed by atoms with E-state index in [2.05, 4.69) is 22.8 Å². The lowest BCUT2D eigenvalue weighted by Gasteiger charge is -2.21. The van der Waals surface area contributed by atoms with Gasteiger partial charge in [0.15, 0.2) is 5.16 Å². The molecule has 31 heavy (non-hydrogen) atoms. The van der Waals surface area contributed by atoms with Crippen molar-refractivity contribution in [2.24, 2.45) is 0 Å². The van der Waals surface area contributed by atoms with Crippen molar-refractivity contribution in [2.45, 2.75) is 30.3 Å². The molecule has 3 aromatic carbocycles. The van der Waals surface area contributed by atoms with Crippen LogP contribution in [0.3, 0.4) is 0 Å². The van der Waals surface area contributed by atoms with Crippen LogP contribution < -0.4 is 4.90 Å². The molecule has 1 amide bonds. The van der Waals surface area contributed by atoms with Gasteiger partial charge >= 0.3 is 0 Å². The molecule has 1 atom stereocenters. The van der Waals surface area contributed by atoms with Crippen molar-refractivity contribution in [2.75, 3.05) is 11.4 Å². The molecule has 4 nitrogen and oxygen atoms in total. The Hall–Kier alpha value is -2.76. The van der Waals surface area contributed by atoms with Crippen molar-refractivity contribution in [1.82, 2.24) is 9.55 Å². The molecule has 0 bridgehead atoms. The van der Waals surface area contributed by atoms with Crippen LogP contribution in [0.4, 0.5) is 5.69 Å². The highest BCUT2D eigenvalue weighted by molar-refractivity contribution is 8.00. The fourth-order valence-corrected chi connectivity index (χ4v) is 5.24. The van der Waals surface area contributed by atoms with E-state index in [0.29, 0.717) is 11.6 Å². The van der Waals surface area contributed by atoms with Gasteiger partial charge in [-0.05, 0) is 48.7 Å². The molecule has 0 saturated heterocycles. The minimum atomic E-state index is -0.257. The third-order valence-corrected chi connectivity index (χ3v) is 6.95. The van der Waals surface area contributed by atoms with Crippen LogP contribution in [0.25, 0.3) is 11.0 Å². The summed E-state index contributed by atoms with van der Waals surface area (Å²) in [6.45, 7) is 3.39. The van der Waals surface area contributed by atoms with Gasteiger partial charge in [0.2, 0.25) is 5.91 Å². The lowest BCUT2D eigenvalue weighted by Crippen LogP contribution is -2.35. The smallest absolute Gasteiger partial charge is 0.240 e. The summed E-state index contributed by atoms with van der Waals surface area (Å²) >= 11 is 7.72. The third-order valence-electron chi connectivity index (χ3n) is 5.64. The van der Waals surface area contributed by atoms with E-state index in [1.165, 1.54) is 22.9 Å². The number of nitrogens with zero attached hydrogens (tertiary/aromatic N) is 3. The zero-order valence-electron chi connectivity index (χ0n) is 17.2. The summed E-state index contributed by atoms with van der Waals surface area (Å²) in [6.07, 6.45) is 0.907. The zero-order valence-corrected chi connectivity index (χ0v) is 18.7. The van der Waals surface area contributed by atoms with Gasteiger partial charge in [-0.3, -0.25) is 4.79 Å². The summed E-state index contributed by atoms with van der Waals surface area (Å²) in [7, 11) is 0. The Morgan fingerprint density at radius 3 is 2.71 bits per heavy atom. The molecule has 0 N–H and O–H groups in total. The number of benzene rings is 3. The number of hydrogen-bond donors (Lipinski definition) is 0. The second-order valence-electron chi connectivity index (χ2n) is 7.73. The molecule has 1 aromatic heterocycles. The maximum atomic E-state index is 13.3. The minimum absolute atomic E-state index is 0.117. The third kappa shape index (κ3) is 3.95. The highest BCUT2D eigenvalue weighted by atomic mass is 35.5. The van der Waals surface area contributed by atoms with Crippen LogP contribution >= 0.6 is 23.4 Å². The summed E-state index contributed by atoms with van der Waals surface area (Å²) < 4.78 is 2.17. The number of fused-ring (bicyclic) bond motifs is 2. The first kappa shape index (κ1) is 20.2. The van der Waals surface area contributed by atoms with Crippen LogP contribution in [0.1, 0.15) is 18.1 Å². The van der Waals surface area contributed by atoms with E-state index < -0.39 is 0 Å². The largest absolute Gasteiger partial charge is 0.314 e. The molecule has 0 unspecified atom stereocenters. The maximum Gasteiger partial charge on any atom is 0.240 e. The van der Waals surface area contributed by atoms with Gasteiger partial charge in [0.25, 0.3) is 0 Å². The van der Waals surface area contributed by atoms with E-state index in [1.54, 1.807) is 0 Å². The molecule has 5 rings (SSSR count). The Morgan fingerprint density at radius 2 is 1.87 bits per heavy atom. The normalized spacial score (nSPS) is 14.1. The van der Waals surface area contributed by atoms with Crippen LogP contribution in [0, 0.1) is 0 Å².